The Hall–Kier alpha value is -3.65. The van der Waals surface area contributed by atoms with Crippen molar-refractivity contribution in [3.63, 3.8) is 0 Å². The second-order valence-corrected chi connectivity index (χ2v) is 12.4. The van der Waals surface area contributed by atoms with E-state index in [0.717, 1.165) is 21.0 Å². The average Bonchev–Trinajstić information content (AvgIpc) is 2.85. The summed E-state index contributed by atoms with van der Waals surface area (Å²) in [5.74, 6) is -0.799. The van der Waals surface area contributed by atoms with Gasteiger partial charge in [-0.3, -0.25) is 13.9 Å². The maximum atomic E-state index is 13.9. The lowest BCUT2D eigenvalue weighted by molar-refractivity contribution is -0.140. The van der Waals surface area contributed by atoms with Crippen LogP contribution in [0.5, 0.6) is 0 Å². The number of rotatable bonds is 9. The fourth-order valence-electron chi connectivity index (χ4n) is 3.91. The summed E-state index contributed by atoms with van der Waals surface area (Å²) in [6.07, 6.45) is 0. The molecule has 3 rings (SSSR count). The number of amides is 2. The number of nitrogens with one attached hydrogen (secondary N) is 1. The highest BCUT2D eigenvalue weighted by Gasteiger charge is 2.33. The normalized spacial score (nSPS) is 12.5. The van der Waals surface area contributed by atoms with E-state index in [9.17, 15) is 18.0 Å². The molecule has 0 saturated heterocycles. The lowest BCUT2D eigenvalue weighted by Gasteiger charge is -2.33. The monoisotopic (exact) mass is 535 g/mol. The SMILES string of the molecule is Cc1ccc(N(CC(=O)N(Cc2ccccc2)C(C)C(=O)NC(C)(C)C)S(=O)(=O)c2ccc(C)cc2)cc1. The number of nitrogens with zero attached hydrogens (tertiary/aromatic N) is 2. The van der Waals surface area contributed by atoms with Gasteiger partial charge in [-0.15, -0.1) is 0 Å². The molecule has 202 valence electrons. The van der Waals surface area contributed by atoms with E-state index in [4.69, 9.17) is 0 Å². The van der Waals surface area contributed by atoms with Gasteiger partial charge in [-0.1, -0.05) is 65.7 Å². The summed E-state index contributed by atoms with van der Waals surface area (Å²) in [5, 5.41) is 2.93. The van der Waals surface area contributed by atoms with E-state index in [1.807, 2.05) is 65.0 Å². The van der Waals surface area contributed by atoms with Gasteiger partial charge in [-0.2, -0.15) is 0 Å². The van der Waals surface area contributed by atoms with Crippen molar-refractivity contribution < 1.29 is 18.0 Å². The largest absolute Gasteiger partial charge is 0.350 e. The molecule has 0 aromatic heterocycles. The second kappa shape index (κ2) is 11.8. The van der Waals surface area contributed by atoms with Crippen molar-refractivity contribution in [2.75, 3.05) is 10.8 Å². The van der Waals surface area contributed by atoms with E-state index in [0.29, 0.717) is 5.69 Å². The Balaban J connectivity index is 2.02. The van der Waals surface area contributed by atoms with Crippen LogP contribution in [0.4, 0.5) is 5.69 Å². The quantitative estimate of drug-likeness (QED) is 0.425. The molecule has 3 aromatic carbocycles. The van der Waals surface area contributed by atoms with Crippen molar-refractivity contribution in [2.24, 2.45) is 0 Å². The first-order valence-corrected chi connectivity index (χ1v) is 14.0. The van der Waals surface area contributed by atoms with Crippen molar-refractivity contribution in [2.45, 2.75) is 64.6 Å². The summed E-state index contributed by atoms with van der Waals surface area (Å²) < 4.78 is 28.7. The smallest absolute Gasteiger partial charge is 0.264 e. The Morgan fingerprint density at radius 2 is 1.37 bits per heavy atom. The Kier molecular flexibility index (Phi) is 8.99. The van der Waals surface area contributed by atoms with Crippen LogP contribution in [0.25, 0.3) is 0 Å². The molecule has 0 fully saturated rings. The van der Waals surface area contributed by atoms with Gasteiger partial charge < -0.3 is 10.2 Å². The first-order chi connectivity index (χ1) is 17.8. The van der Waals surface area contributed by atoms with Crippen molar-refractivity contribution >= 4 is 27.5 Å². The minimum atomic E-state index is -4.07. The van der Waals surface area contributed by atoms with Gasteiger partial charge in [0.25, 0.3) is 10.0 Å². The Morgan fingerprint density at radius 3 is 1.89 bits per heavy atom. The molecule has 1 atom stereocenters. The fourth-order valence-corrected chi connectivity index (χ4v) is 5.33. The van der Waals surface area contributed by atoms with E-state index in [1.165, 1.54) is 17.0 Å². The summed E-state index contributed by atoms with van der Waals surface area (Å²) >= 11 is 0. The third-order valence-electron chi connectivity index (χ3n) is 6.07. The zero-order valence-electron chi connectivity index (χ0n) is 22.9. The van der Waals surface area contributed by atoms with Crippen LogP contribution in [0.1, 0.15) is 44.4 Å². The molecule has 0 saturated carbocycles. The predicted octanol–water partition coefficient (Wildman–Crippen LogP) is 4.83. The number of sulfonamides is 1. The molecule has 38 heavy (non-hydrogen) atoms. The zero-order chi connectivity index (χ0) is 28.1. The van der Waals surface area contributed by atoms with Crippen LogP contribution < -0.4 is 9.62 Å². The van der Waals surface area contributed by atoms with Gasteiger partial charge in [0.2, 0.25) is 11.8 Å². The molecular formula is C30H37N3O4S. The molecule has 0 aliphatic rings. The fraction of sp³-hybridized carbons (Fsp3) is 0.333. The number of hydrogen-bond donors (Lipinski definition) is 1. The second-order valence-electron chi connectivity index (χ2n) is 10.6. The van der Waals surface area contributed by atoms with E-state index < -0.39 is 34.1 Å². The minimum Gasteiger partial charge on any atom is -0.350 e. The number of carbonyl (C=O) groups excluding carboxylic acids is 2. The van der Waals surface area contributed by atoms with Gasteiger partial charge in [0.05, 0.1) is 10.6 Å². The van der Waals surface area contributed by atoms with Crippen molar-refractivity contribution in [3.8, 4) is 0 Å². The van der Waals surface area contributed by atoms with E-state index in [-0.39, 0.29) is 17.3 Å². The number of benzene rings is 3. The molecule has 2 amide bonds. The molecule has 1 N–H and O–H groups in total. The number of aryl methyl sites for hydroxylation is 2. The van der Waals surface area contributed by atoms with Crippen LogP contribution in [0.15, 0.2) is 83.8 Å². The molecular weight excluding hydrogens is 498 g/mol. The Labute approximate surface area is 226 Å². The van der Waals surface area contributed by atoms with Gasteiger partial charge in [0.15, 0.2) is 0 Å². The third-order valence-corrected chi connectivity index (χ3v) is 7.86. The molecule has 8 heteroatoms. The minimum absolute atomic E-state index is 0.0876. The van der Waals surface area contributed by atoms with E-state index in [1.54, 1.807) is 43.3 Å². The maximum Gasteiger partial charge on any atom is 0.264 e. The van der Waals surface area contributed by atoms with Crippen LogP contribution in [-0.4, -0.2) is 43.3 Å². The lowest BCUT2D eigenvalue weighted by Crippen LogP contribution is -2.54. The molecule has 0 spiro atoms. The third kappa shape index (κ3) is 7.44. The maximum absolute atomic E-state index is 13.9. The van der Waals surface area contributed by atoms with Crippen LogP contribution in [0, 0.1) is 13.8 Å². The molecule has 0 heterocycles. The van der Waals surface area contributed by atoms with Gasteiger partial charge in [-0.05, 0) is 71.4 Å². The first-order valence-electron chi connectivity index (χ1n) is 12.6. The summed E-state index contributed by atoms with van der Waals surface area (Å²) in [7, 11) is -4.07. The summed E-state index contributed by atoms with van der Waals surface area (Å²) in [6.45, 7) is 10.8. The molecule has 0 aliphatic carbocycles. The summed E-state index contributed by atoms with van der Waals surface area (Å²) in [4.78, 5) is 28.5. The topological polar surface area (TPSA) is 86.8 Å². The molecule has 1 unspecified atom stereocenters. The highest BCUT2D eigenvalue weighted by molar-refractivity contribution is 7.92. The van der Waals surface area contributed by atoms with E-state index >= 15 is 0 Å². The van der Waals surface area contributed by atoms with Crippen LogP contribution in [0.2, 0.25) is 0 Å². The van der Waals surface area contributed by atoms with Crippen molar-refractivity contribution in [1.82, 2.24) is 10.2 Å². The number of carbonyl (C=O) groups is 2. The van der Waals surface area contributed by atoms with Crippen LogP contribution in [0.3, 0.4) is 0 Å². The Morgan fingerprint density at radius 1 is 0.842 bits per heavy atom. The standard InChI is InChI=1S/C30H37N3O4S/c1-22-12-16-26(17-13-22)33(38(36,37)27-18-14-23(2)15-19-27)21-28(34)32(20-25-10-8-7-9-11-25)24(3)29(35)31-30(4,5)6/h7-19,24H,20-21H2,1-6H3,(H,31,35). The molecule has 0 aliphatic heterocycles. The zero-order valence-corrected chi connectivity index (χ0v) is 23.7. The first kappa shape index (κ1) is 28.9. The summed E-state index contributed by atoms with van der Waals surface area (Å²) in [5.41, 5.74) is 2.60. The lowest BCUT2D eigenvalue weighted by atomic mass is 10.1. The van der Waals surface area contributed by atoms with Gasteiger partial charge in [-0.25, -0.2) is 8.42 Å². The molecule has 7 nitrogen and oxygen atoms in total. The molecule has 0 bridgehead atoms. The van der Waals surface area contributed by atoms with E-state index in [2.05, 4.69) is 5.32 Å². The van der Waals surface area contributed by atoms with Crippen LogP contribution >= 0.6 is 0 Å². The number of hydrogen-bond acceptors (Lipinski definition) is 4. The molecule has 3 aromatic rings. The van der Waals surface area contributed by atoms with Crippen molar-refractivity contribution in [3.05, 3.63) is 95.6 Å². The van der Waals surface area contributed by atoms with Crippen molar-refractivity contribution in [1.29, 1.82) is 0 Å². The number of anilines is 1. The molecule has 0 radical (unpaired) electrons. The van der Waals surface area contributed by atoms with Gasteiger partial charge in [0, 0.05) is 12.1 Å². The van der Waals surface area contributed by atoms with Gasteiger partial charge >= 0.3 is 0 Å². The van der Waals surface area contributed by atoms with Gasteiger partial charge in [0.1, 0.15) is 12.6 Å². The predicted molar refractivity (Wildman–Crippen MR) is 151 cm³/mol. The summed E-state index contributed by atoms with van der Waals surface area (Å²) in [6, 6.07) is 22.0. The van der Waals surface area contributed by atoms with Crippen LogP contribution in [-0.2, 0) is 26.2 Å². The average molecular weight is 536 g/mol. The Bertz CT molecular complexity index is 1350. The highest BCUT2D eigenvalue weighted by Crippen LogP contribution is 2.25. The highest BCUT2D eigenvalue weighted by atomic mass is 32.2.